The number of rotatable bonds is 1. The van der Waals surface area contributed by atoms with Crippen molar-refractivity contribution in [1.29, 1.82) is 0 Å². The van der Waals surface area contributed by atoms with E-state index in [1.807, 2.05) is 0 Å². The first-order chi connectivity index (χ1) is 11.4. The highest BCUT2D eigenvalue weighted by Gasteiger charge is 2.42. The Kier molecular flexibility index (Phi) is 3.41. The molecule has 0 atom stereocenters. The summed E-state index contributed by atoms with van der Waals surface area (Å²) in [5.41, 5.74) is 1.35. The molecule has 0 fully saturated rings. The Balaban J connectivity index is 2.03. The van der Waals surface area contributed by atoms with E-state index in [1.54, 1.807) is 5.19 Å². The first kappa shape index (κ1) is 15.5. The minimum atomic E-state index is -1.81. The summed E-state index contributed by atoms with van der Waals surface area (Å²) in [6.45, 7) is 9.66. The smallest absolute Gasteiger partial charge is 0.205 e. The number of fused-ring (bicyclic) bond motifs is 2. The van der Waals surface area contributed by atoms with Crippen LogP contribution in [0.2, 0.25) is 26.2 Å². The van der Waals surface area contributed by atoms with Crippen LogP contribution in [0.3, 0.4) is 0 Å². The van der Waals surface area contributed by atoms with Crippen molar-refractivity contribution in [2.24, 2.45) is 4.66 Å². The van der Waals surface area contributed by atoms with Crippen LogP contribution in [0.4, 0.5) is 0 Å². The van der Waals surface area contributed by atoms with Gasteiger partial charge in [0.2, 0.25) is 8.24 Å². The molecule has 0 N–H and O–H groups in total. The van der Waals surface area contributed by atoms with Gasteiger partial charge in [0.15, 0.2) is 0 Å². The van der Waals surface area contributed by atoms with Crippen LogP contribution < -0.4 is 10.4 Å². The van der Waals surface area contributed by atoms with Crippen LogP contribution in [0.25, 0.3) is 10.8 Å². The molecule has 0 radical (unpaired) electrons. The Morgan fingerprint density at radius 2 is 1.29 bits per heavy atom. The zero-order valence-electron chi connectivity index (χ0n) is 14.8. The van der Waals surface area contributed by atoms with Gasteiger partial charge in [0, 0.05) is 5.33 Å². The Morgan fingerprint density at radius 3 is 2.08 bits per heavy atom. The molecule has 4 rings (SSSR count). The highest BCUT2D eigenvalue weighted by atomic mass is 28.3. The van der Waals surface area contributed by atoms with E-state index in [4.69, 9.17) is 4.66 Å². The second-order valence-electron chi connectivity index (χ2n) is 7.72. The lowest BCUT2D eigenvalue weighted by atomic mass is 10.1. The molecule has 3 heteroatoms. The molecule has 0 unspecified atom stereocenters. The maximum absolute atomic E-state index is 5.45. The van der Waals surface area contributed by atoms with E-state index in [1.165, 1.54) is 26.9 Å². The molecule has 1 heterocycles. The van der Waals surface area contributed by atoms with Crippen LogP contribution in [-0.2, 0) is 0 Å². The lowest BCUT2D eigenvalue weighted by molar-refractivity contribution is 1.55. The zero-order valence-corrected chi connectivity index (χ0v) is 16.8. The van der Waals surface area contributed by atoms with E-state index < -0.39 is 16.3 Å². The second-order valence-corrected chi connectivity index (χ2v) is 15.9. The Bertz CT molecular complexity index is 965. The fraction of sp³-hybridized carbons (Fsp3) is 0.190. The molecule has 3 aromatic carbocycles. The molecule has 0 aliphatic carbocycles. The van der Waals surface area contributed by atoms with Crippen LogP contribution in [0.5, 0.6) is 0 Å². The van der Waals surface area contributed by atoms with Gasteiger partial charge >= 0.3 is 0 Å². The van der Waals surface area contributed by atoms with Gasteiger partial charge in [0.1, 0.15) is 8.07 Å². The molecule has 24 heavy (non-hydrogen) atoms. The van der Waals surface area contributed by atoms with Gasteiger partial charge in [-0.3, -0.25) is 0 Å². The molecule has 0 bridgehead atoms. The molecule has 1 nitrogen and oxygen atoms in total. The molecule has 0 spiro atoms. The molecular weight excluding hydrogens is 322 g/mol. The van der Waals surface area contributed by atoms with Crippen molar-refractivity contribution in [2.45, 2.75) is 26.2 Å². The minimum absolute atomic E-state index is 1.31. The molecule has 120 valence electrons. The molecular formula is C21H23NSi2. The highest BCUT2D eigenvalue weighted by molar-refractivity contribution is 7.21. The summed E-state index contributed by atoms with van der Waals surface area (Å²) in [5.74, 6) is 0. The lowest BCUT2D eigenvalue weighted by Gasteiger charge is -2.38. The molecule has 3 aromatic rings. The summed E-state index contributed by atoms with van der Waals surface area (Å²) in [6.07, 6.45) is 0. The highest BCUT2D eigenvalue weighted by Crippen LogP contribution is 2.27. The quantitative estimate of drug-likeness (QED) is 0.586. The van der Waals surface area contributed by atoms with Crippen LogP contribution in [-0.4, -0.2) is 21.6 Å². The van der Waals surface area contributed by atoms with E-state index >= 15 is 0 Å². The number of hydrogen-bond acceptors (Lipinski definition) is 1. The molecule has 1 aliphatic heterocycles. The van der Waals surface area contributed by atoms with E-state index in [9.17, 15) is 0 Å². The maximum Gasteiger partial charge on any atom is 0.205 e. The summed E-state index contributed by atoms with van der Waals surface area (Å²) in [7, 11) is -3.61. The van der Waals surface area contributed by atoms with Gasteiger partial charge < -0.3 is 4.66 Å². The summed E-state index contributed by atoms with van der Waals surface area (Å²) < 4.78 is 5.45. The third kappa shape index (κ3) is 2.23. The van der Waals surface area contributed by atoms with Gasteiger partial charge in [-0.15, -0.1) is 0 Å². The molecule has 0 saturated carbocycles. The van der Waals surface area contributed by atoms with Crippen LogP contribution in [0, 0.1) is 0 Å². The third-order valence-corrected chi connectivity index (χ3v) is 11.6. The standard InChI is InChI=1S/C21H23NSi2/c1-23(2)19-14-7-8-15-20(19)24(3,4)22-21(23)18-13-9-11-16-10-5-6-12-17(16)18/h5-15H,1-4H3. The maximum atomic E-state index is 5.45. The van der Waals surface area contributed by atoms with Crippen LogP contribution >= 0.6 is 0 Å². The van der Waals surface area contributed by atoms with Crippen molar-refractivity contribution in [2.75, 3.05) is 0 Å². The van der Waals surface area contributed by atoms with Crippen molar-refractivity contribution in [3.05, 3.63) is 72.3 Å². The SMILES string of the molecule is C[Si]1(C)N=C(c2cccc3ccccc23)[Si](C)(C)c2ccccc21. The van der Waals surface area contributed by atoms with E-state index in [2.05, 4.69) is 92.9 Å². The lowest BCUT2D eigenvalue weighted by Crippen LogP contribution is -2.66. The Hall–Kier alpha value is -1.98. The van der Waals surface area contributed by atoms with Crippen molar-refractivity contribution < 1.29 is 0 Å². The first-order valence-corrected chi connectivity index (χ1v) is 14.5. The van der Waals surface area contributed by atoms with Crippen LogP contribution in [0.1, 0.15) is 5.56 Å². The average Bonchev–Trinajstić information content (AvgIpc) is 2.58. The predicted octanol–water partition coefficient (Wildman–Crippen LogP) is 4.21. The Labute approximate surface area is 146 Å². The second kappa shape index (κ2) is 5.26. The van der Waals surface area contributed by atoms with Gasteiger partial charge in [-0.25, -0.2) is 0 Å². The topological polar surface area (TPSA) is 12.4 Å². The number of benzene rings is 3. The summed E-state index contributed by atoms with van der Waals surface area (Å²) in [5, 5.41) is 7.14. The van der Waals surface area contributed by atoms with Gasteiger partial charge in [-0.2, -0.15) is 0 Å². The number of nitrogens with zero attached hydrogens (tertiary/aromatic N) is 1. The minimum Gasteiger partial charge on any atom is -0.324 e. The molecule has 0 aromatic heterocycles. The normalized spacial score (nSPS) is 18.1. The van der Waals surface area contributed by atoms with Crippen molar-refractivity contribution in [1.82, 2.24) is 0 Å². The third-order valence-electron chi connectivity index (χ3n) is 5.29. The summed E-state index contributed by atoms with van der Waals surface area (Å²) >= 11 is 0. The largest absolute Gasteiger partial charge is 0.324 e. The van der Waals surface area contributed by atoms with Crippen molar-refractivity contribution in [3.63, 3.8) is 0 Å². The molecule has 0 amide bonds. The van der Waals surface area contributed by atoms with Crippen molar-refractivity contribution in [3.8, 4) is 0 Å². The number of hydrogen-bond donors (Lipinski definition) is 0. The van der Waals surface area contributed by atoms with Crippen molar-refractivity contribution >= 4 is 42.8 Å². The van der Waals surface area contributed by atoms with E-state index in [0.717, 1.165) is 0 Å². The van der Waals surface area contributed by atoms with Gasteiger partial charge in [-0.1, -0.05) is 85.0 Å². The zero-order chi connectivity index (χ0) is 16.9. The molecule has 0 saturated heterocycles. The monoisotopic (exact) mass is 345 g/mol. The predicted molar refractivity (Wildman–Crippen MR) is 111 cm³/mol. The Morgan fingerprint density at radius 1 is 0.667 bits per heavy atom. The van der Waals surface area contributed by atoms with E-state index in [0.29, 0.717) is 0 Å². The van der Waals surface area contributed by atoms with Gasteiger partial charge in [0.05, 0.1) is 0 Å². The van der Waals surface area contributed by atoms with E-state index in [-0.39, 0.29) is 0 Å². The van der Waals surface area contributed by atoms with Crippen LogP contribution in [0.15, 0.2) is 71.4 Å². The van der Waals surface area contributed by atoms with Gasteiger partial charge in [0.25, 0.3) is 0 Å². The summed E-state index contributed by atoms with van der Waals surface area (Å²) in [4.78, 5) is 0. The van der Waals surface area contributed by atoms with Gasteiger partial charge in [-0.05, 0) is 34.6 Å². The molecule has 1 aliphatic rings. The average molecular weight is 346 g/mol. The fourth-order valence-electron chi connectivity index (χ4n) is 4.00. The first-order valence-electron chi connectivity index (χ1n) is 8.60. The fourth-order valence-corrected chi connectivity index (χ4v) is 12.3. The summed E-state index contributed by atoms with van der Waals surface area (Å²) in [6, 6.07) is 24.4.